The number of aromatic nitrogens is 3. The van der Waals surface area contributed by atoms with Crippen LogP contribution in [0.4, 0.5) is 5.82 Å². The minimum absolute atomic E-state index is 0.201. The highest BCUT2D eigenvalue weighted by atomic mass is 16.1. The van der Waals surface area contributed by atoms with Crippen molar-refractivity contribution in [1.29, 1.82) is 0 Å². The maximum absolute atomic E-state index is 11.9. The minimum atomic E-state index is -0.201. The summed E-state index contributed by atoms with van der Waals surface area (Å²) < 4.78 is 0. The zero-order valence-corrected chi connectivity index (χ0v) is 10.1. The molecule has 1 amide bonds. The molecule has 0 aliphatic heterocycles. The van der Waals surface area contributed by atoms with Crippen LogP contribution in [0.1, 0.15) is 21.6 Å². The first-order chi connectivity index (χ1) is 8.68. The van der Waals surface area contributed by atoms with Crippen LogP contribution in [0.15, 0.2) is 24.5 Å². The van der Waals surface area contributed by atoms with E-state index in [4.69, 9.17) is 5.73 Å². The van der Waals surface area contributed by atoms with Gasteiger partial charge in [0, 0.05) is 24.6 Å². The molecule has 0 atom stereocenters. The van der Waals surface area contributed by atoms with Crippen molar-refractivity contribution in [2.45, 2.75) is 13.3 Å². The summed E-state index contributed by atoms with van der Waals surface area (Å²) in [4.78, 5) is 15.8. The smallest absolute Gasteiger partial charge is 0.256 e. The number of nitrogens with one attached hydrogen (secondary N) is 2. The van der Waals surface area contributed by atoms with Crippen LogP contribution in [-0.4, -0.2) is 27.6 Å². The van der Waals surface area contributed by atoms with Crippen LogP contribution in [0.3, 0.4) is 0 Å². The van der Waals surface area contributed by atoms with Crippen molar-refractivity contribution < 1.29 is 4.79 Å². The van der Waals surface area contributed by atoms with Gasteiger partial charge in [0.25, 0.3) is 5.91 Å². The highest BCUT2D eigenvalue weighted by Gasteiger charge is 2.15. The highest BCUT2D eigenvalue weighted by molar-refractivity contribution is 5.99. The third-order valence-corrected chi connectivity index (χ3v) is 2.65. The molecule has 2 aromatic rings. The number of amides is 1. The number of hydrogen-bond acceptors (Lipinski definition) is 4. The largest absolute Gasteiger partial charge is 0.382 e. The Kier molecular flexibility index (Phi) is 3.57. The van der Waals surface area contributed by atoms with E-state index in [1.54, 1.807) is 19.3 Å². The molecule has 0 aromatic carbocycles. The molecule has 0 aliphatic carbocycles. The zero-order chi connectivity index (χ0) is 13.0. The maximum Gasteiger partial charge on any atom is 0.256 e. The number of pyridine rings is 1. The fraction of sp³-hybridized carbons (Fsp3) is 0.250. The van der Waals surface area contributed by atoms with E-state index in [0.29, 0.717) is 17.8 Å². The number of rotatable bonds is 4. The Hall–Kier alpha value is -2.37. The topological polar surface area (TPSA) is 96.7 Å². The summed E-state index contributed by atoms with van der Waals surface area (Å²) in [5.74, 6) is 0.0294. The first-order valence-corrected chi connectivity index (χ1v) is 5.66. The molecule has 4 N–H and O–H groups in total. The molecule has 2 heterocycles. The van der Waals surface area contributed by atoms with Gasteiger partial charge < -0.3 is 11.1 Å². The molecule has 2 aromatic heterocycles. The van der Waals surface area contributed by atoms with Crippen molar-refractivity contribution in [2.24, 2.45) is 0 Å². The van der Waals surface area contributed by atoms with Gasteiger partial charge in [-0.05, 0) is 31.0 Å². The van der Waals surface area contributed by atoms with Gasteiger partial charge in [-0.15, -0.1) is 0 Å². The van der Waals surface area contributed by atoms with E-state index in [2.05, 4.69) is 20.5 Å². The van der Waals surface area contributed by atoms with Crippen molar-refractivity contribution in [3.05, 3.63) is 41.3 Å². The Morgan fingerprint density at radius 1 is 1.44 bits per heavy atom. The Morgan fingerprint density at radius 3 is 2.78 bits per heavy atom. The standard InChI is InChI=1S/C12H15N5O/c1-8-10(11(13)17-16-8)12(18)15-7-4-9-2-5-14-6-3-9/h2-3,5-6H,4,7H2,1H3,(H,15,18)(H3,13,16,17). The van der Waals surface area contributed by atoms with Crippen LogP contribution in [0, 0.1) is 6.92 Å². The highest BCUT2D eigenvalue weighted by Crippen LogP contribution is 2.11. The number of carbonyl (C=O) groups excluding carboxylic acids is 1. The summed E-state index contributed by atoms with van der Waals surface area (Å²) in [6.07, 6.45) is 4.22. The minimum Gasteiger partial charge on any atom is -0.382 e. The number of aryl methyl sites for hydroxylation is 1. The molecule has 0 spiro atoms. The van der Waals surface area contributed by atoms with Gasteiger partial charge in [-0.1, -0.05) is 0 Å². The molecule has 2 rings (SSSR count). The second-order valence-electron chi connectivity index (χ2n) is 3.97. The van der Waals surface area contributed by atoms with Gasteiger partial charge in [0.2, 0.25) is 0 Å². The van der Waals surface area contributed by atoms with E-state index in [1.165, 1.54) is 0 Å². The van der Waals surface area contributed by atoms with E-state index in [0.717, 1.165) is 12.0 Å². The Labute approximate surface area is 105 Å². The maximum atomic E-state index is 11.9. The fourth-order valence-corrected chi connectivity index (χ4v) is 1.69. The van der Waals surface area contributed by atoms with E-state index in [1.807, 2.05) is 12.1 Å². The summed E-state index contributed by atoms with van der Waals surface area (Å²) >= 11 is 0. The fourth-order valence-electron chi connectivity index (χ4n) is 1.69. The molecular formula is C12H15N5O. The summed E-state index contributed by atoms with van der Waals surface area (Å²) in [6.45, 7) is 2.31. The van der Waals surface area contributed by atoms with E-state index in [9.17, 15) is 4.79 Å². The van der Waals surface area contributed by atoms with Crippen molar-refractivity contribution in [3.63, 3.8) is 0 Å². The van der Waals surface area contributed by atoms with Crippen LogP contribution in [0.2, 0.25) is 0 Å². The number of carbonyl (C=O) groups is 1. The summed E-state index contributed by atoms with van der Waals surface area (Å²) in [5, 5.41) is 9.28. The number of nitrogens with zero attached hydrogens (tertiary/aromatic N) is 2. The molecule has 0 bridgehead atoms. The number of anilines is 1. The average Bonchev–Trinajstić information content (AvgIpc) is 2.70. The lowest BCUT2D eigenvalue weighted by Crippen LogP contribution is -2.26. The third kappa shape index (κ3) is 2.65. The molecule has 0 saturated carbocycles. The van der Waals surface area contributed by atoms with Gasteiger partial charge in [0.15, 0.2) is 5.82 Å². The molecule has 0 aliphatic rings. The van der Waals surface area contributed by atoms with E-state index < -0.39 is 0 Å². The molecule has 18 heavy (non-hydrogen) atoms. The number of nitrogens with two attached hydrogens (primary N) is 1. The quantitative estimate of drug-likeness (QED) is 0.737. The van der Waals surface area contributed by atoms with Crippen LogP contribution in [0.5, 0.6) is 0 Å². The summed E-state index contributed by atoms with van der Waals surface area (Å²) in [5.41, 5.74) is 7.84. The lowest BCUT2D eigenvalue weighted by Gasteiger charge is -2.05. The number of hydrogen-bond donors (Lipinski definition) is 3. The summed E-state index contributed by atoms with van der Waals surface area (Å²) in [6, 6.07) is 3.84. The normalized spacial score (nSPS) is 10.3. The summed E-state index contributed by atoms with van der Waals surface area (Å²) in [7, 11) is 0. The van der Waals surface area contributed by atoms with E-state index >= 15 is 0 Å². The predicted octanol–water partition coefficient (Wildman–Crippen LogP) is 0.668. The lowest BCUT2D eigenvalue weighted by molar-refractivity contribution is 0.0954. The Bertz CT molecular complexity index is 515. The second kappa shape index (κ2) is 5.31. The van der Waals surface area contributed by atoms with Gasteiger partial charge in [0.05, 0.1) is 0 Å². The van der Waals surface area contributed by atoms with Gasteiger partial charge in [0.1, 0.15) is 5.56 Å². The van der Waals surface area contributed by atoms with Crippen LogP contribution < -0.4 is 11.1 Å². The zero-order valence-electron chi connectivity index (χ0n) is 10.1. The number of H-pyrrole nitrogens is 1. The number of nitrogen functional groups attached to an aromatic ring is 1. The van der Waals surface area contributed by atoms with Gasteiger partial charge >= 0.3 is 0 Å². The first-order valence-electron chi connectivity index (χ1n) is 5.66. The molecule has 94 valence electrons. The van der Waals surface area contributed by atoms with Crippen molar-refractivity contribution in [2.75, 3.05) is 12.3 Å². The average molecular weight is 245 g/mol. The molecule has 6 nitrogen and oxygen atoms in total. The molecule has 0 radical (unpaired) electrons. The van der Waals surface area contributed by atoms with Crippen LogP contribution in [-0.2, 0) is 6.42 Å². The van der Waals surface area contributed by atoms with Crippen molar-refractivity contribution >= 4 is 11.7 Å². The SMILES string of the molecule is Cc1[nH]nc(N)c1C(=O)NCCc1ccncc1. The third-order valence-electron chi connectivity index (χ3n) is 2.65. The van der Waals surface area contributed by atoms with Crippen molar-refractivity contribution in [1.82, 2.24) is 20.5 Å². The van der Waals surface area contributed by atoms with Gasteiger partial charge in [-0.3, -0.25) is 14.9 Å². The molecule has 0 fully saturated rings. The molecular weight excluding hydrogens is 230 g/mol. The monoisotopic (exact) mass is 245 g/mol. The predicted molar refractivity (Wildman–Crippen MR) is 68.0 cm³/mol. The molecule has 0 saturated heterocycles. The number of aromatic amines is 1. The Balaban J connectivity index is 1.90. The van der Waals surface area contributed by atoms with Crippen LogP contribution >= 0.6 is 0 Å². The van der Waals surface area contributed by atoms with Crippen molar-refractivity contribution in [3.8, 4) is 0 Å². The second-order valence-corrected chi connectivity index (χ2v) is 3.97. The van der Waals surface area contributed by atoms with Gasteiger partial charge in [-0.2, -0.15) is 5.10 Å². The van der Waals surface area contributed by atoms with Crippen LogP contribution in [0.25, 0.3) is 0 Å². The molecule has 0 unspecified atom stereocenters. The molecule has 6 heteroatoms. The van der Waals surface area contributed by atoms with E-state index in [-0.39, 0.29) is 11.7 Å². The Morgan fingerprint density at radius 2 is 2.17 bits per heavy atom. The lowest BCUT2D eigenvalue weighted by atomic mass is 10.2. The first kappa shape index (κ1) is 12.1. The van der Waals surface area contributed by atoms with Gasteiger partial charge in [-0.25, -0.2) is 0 Å².